The van der Waals surface area contributed by atoms with Crippen molar-refractivity contribution in [3.63, 3.8) is 0 Å². The molecular formula is C18H11BrN4O. The predicted octanol–water partition coefficient (Wildman–Crippen LogP) is 3.33. The maximum atomic E-state index is 12.7. The molecule has 4 rings (SSSR count). The number of fused-ring (bicyclic) bond motifs is 2. The van der Waals surface area contributed by atoms with Crippen molar-refractivity contribution in [3.05, 3.63) is 81.1 Å². The van der Waals surface area contributed by atoms with Crippen LogP contribution in [-0.2, 0) is 6.54 Å². The average Bonchev–Trinajstić information content (AvgIpc) is 2.95. The Morgan fingerprint density at radius 1 is 1.25 bits per heavy atom. The molecule has 4 aromatic rings. The van der Waals surface area contributed by atoms with E-state index in [4.69, 9.17) is 0 Å². The Labute approximate surface area is 145 Å². The molecule has 0 saturated heterocycles. The van der Waals surface area contributed by atoms with Crippen molar-refractivity contribution >= 4 is 32.3 Å². The van der Waals surface area contributed by atoms with Crippen molar-refractivity contribution < 1.29 is 0 Å². The van der Waals surface area contributed by atoms with Crippen LogP contribution in [0.3, 0.4) is 0 Å². The van der Waals surface area contributed by atoms with Crippen LogP contribution in [-0.4, -0.2) is 14.0 Å². The smallest absolute Gasteiger partial charge is 0.261 e. The van der Waals surface area contributed by atoms with Crippen LogP contribution in [0.15, 0.2) is 64.4 Å². The Balaban J connectivity index is 1.87. The van der Waals surface area contributed by atoms with E-state index in [0.717, 1.165) is 15.6 Å². The molecule has 0 radical (unpaired) electrons. The minimum absolute atomic E-state index is 0.125. The fourth-order valence-electron chi connectivity index (χ4n) is 2.85. The number of benzene rings is 1. The maximum Gasteiger partial charge on any atom is 0.261 e. The highest BCUT2D eigenvalue weighted by molar-refractivity contribution is 9.10. The lowest BCUT2D eigenvalue weighted by Gasteiger charge is -2.06. The Kier molecular flexibility index (Phi) is 3.44. The monoisotopic (exact) mass is 378 g/mol. The second-order valence-corrected chi connectivity index (χ2v) is 6.39. The third kappa shape index (κ3) is 2.30. The zero-order valence-electron chi connectivity index (χ0n) is 12.5. The average molecular weight is 379 g/mol. The molecular weight excluding hydrogens is 368 g/mol. The van der Waals surface area contributed by atoms with Gasteiger partial charge in [-0.3, -0.25) is 9.36 Å². The SMILES string of the molecule is N#Cc1c(Cn2cnc3ccc(Br)cc3c2=O)cn2ccccc12. The first kappa shape index (κ1) is 14.7. The number of hydrogen-bond donors (Lipinski definition) is 0. The van der Waals surface area contributed by atoms with E-state index in [2.05, 4.69) is 27.0 Å². The lowest BCUT2D eigenvalue weighted by atomic mass is 10.1. The Hall–Kier alpha value is -2.91. The van der Waals surface area contributed by atoms with Gasteiger partial charge in [0.2, 0.25) is 0 Å². The van der Waals surface area contributed by atoms with Crippen molar-refractivity contribution in [1.29, 1.82) is 5.26 Å². The number of nitriles is 1. The minimum Gasteiger partial charge on any atom is -0.322 e. The largest absolute Gasteiger partial charge is 0.322 e. The molecule has 1 aromatic carbocycles. The van der Waals surface area contributed by atoms with Crippen molar-refractivity contribution in [1.82, 2.24) is 14.0 Å². The topological polar surface area (TPSA) is 63.1 Å². The van der Waals surface area contributed by atoms with Gasteiger partial charge in [0.1, 0.15) is 6.07 Å². The van der Waals surface area contributed by atoms with Gasteiger partial charge in [0.25, 0.3) is 5.56 Å². The Morgan fingerprint density at radius 3 is 2.96 bits per heavy atom. The molecule has 0 spiro atoms. The van der Waals surface area contributed by atoms with E-state index in [1.807, 2.05) is 41.1 Å². The number of rotatable bonds is 2. The van der Waals surface area contributed by atoms with Crippen molar-refractivity contribution in [2.75, 3.05) is 0 Å². The molecule has 0 unspecified atom stereocenters. The fraction of sp³-hybridized carbons (Fsp3) is 0.0556. The van der Waals surface area contributed by atoms with Crippen LogP contribution in [0.1, 0.15) is 11.1 Å². The summed E-state index contributed by atoms with van der Waals surface area (Å²) in [6, 6.07) is 13.3. The first-order chi connectivity index (χ1) is 11.7. The van der Waals surface area contributed by atoms with Gasteiger partial charge in [0.15, 0.2) is 0 Å². The highest BCUT2D eigenvalue weighted by Gasteiger charge is 2.12. The highest BCUT2D eigenvalue weighted by Crippen LogP contribution is 2.19. The molecule has 3 aromatic heterocycles. The molecule has 5 nitrogen and oxygen atoms in total. The molecule has 0 N–H and O–H groups in total. The van der Waals surface area contributed by atoms with E-state index >= 15 is 0 Å². The Morgan fingerprint density at radius 2 is 2.12 bits per heavy atom. The number of halogens is 1. The first-order valence-electron chi connectivity index (χ1n) is 7.31. The van der Waals surface area contributed by atoms with Gasteiger partial charge in [-0.05, 0) is 30.3 Å². The first-order valence-corrected chi connectivity index (χ1v) is 8.10. The molecule has 0 atom stereocenters. The van der Waals surface area contributed by atoms with Gasteiger partial charge in [-0.15, -0.1) is 0 Å². The second-order valence-electron chi connectivity index (χ2n) is 5.47. The summed E-state index contributed by atoms with van der Waals surface area (Å²) in [5.74, 6) is 0. The summed E-state index contributed by atoms with van der Waals surface area (Å²) >= 11 is 3.38. The van der Waals surface area contributed by atoms with Crippen LogP contribution in [0, 0.1) is 11.3 Å². The summed E-state index contributed by atoms with van der Waals surface area (Å²) in [6.45, 7) is 0.304. The number of pyridine rings is 1. The summed E-state index contributed by atoms with van der Waals surface area (Å²) < 4.78 is 4.26. The quantitative estimate of drug-likeness (QED) is 0.537. The van der Waals surface area contributed by atoms with E-state index in [1.165, 1.54) is 10.9 Å². The third-order valence-electron chi connectivity index (χ3n) is 4.00. The molecule has 0 amide bonds. The van der Waals surface area contributed by atoms with Crippen molar-refractivity contribution in [3.8, 4) is 6.07 Å². The van der Waals surface area contributed by atoms with Crippen LogP contribution in [0.25, 0.3) is 16.4 Å². The predicted molar refractivity (Wildman–Crippen MR) is 94.9 cm³/mol. The molecule has 24 heavy (non-hydrogen) atoms. The number of nitrogens with zero attached hydrogens (tertiary/aromatic N) is 4. The summed E-state index contributed by atoms with van der Waals surface area (Å²) in [7, 11) is 0. The summed E-state index contributed by atoms with van der Waals surface area (Å²) in [5.41, 5.74) is 2.74. The van der Waals surface area contributed by atoms with Crippen LogP contribution in [0.2, 0.25) is 0 Å². The highest BCUT2D eigenvalue weighted by atomic mass is 79.9. The zero-order valence-corrected chi connectivity index (χ0v) is 14.1. The van der Waals surface area contributed by atoms with Gasteiger partial charge in [-0.25, -0.2) is 4.98 Å². The van der Waals surface area contributed by atoms with Crippen LogP contribution in [0.4, 0.5) is 0 Å². The molecule has 0 saturated carbocycles. The molecule has 0 fully saturated rings. The molecule has 3 heterocycles. The number of aromatic nitrogens is 3. The third-order valence-corrected chi connectivity index (χ3v) is 4.49. The summed E-state index contributed by atoms with van der Waals surface area (Å²) in [5, 5.41) is 10.0. The zero-order chi connectivity index (χ0) is 16.7. The molecule has 6 heteroatoms. The minimum atomic E-state index is -0.125. The van der Waals surface area contributed by atoms with Crippen LogP contribution >= 0.6 is 15.9 Å². The van der Waals surface area contributed by atoms with Gasteiger partial charge in [0, 0.05) is 22.4 Å². The van der Waals surface area contributed by atoms with Crippen LogP contribution in [0.5, 0.6) is 0 Å². The number of hydrogen-bond acceptors (Lipinski definition) is 3. The lowest BCUT2D eigenvalue weighted by Crippen LogP contribution is -2.21. The molecule has 116 valence electrons. The fourth-order valence-corrected chi connectivity index (χ4v) is 3.21. The van der Waals surface area contributed by atoms with E-state index in [0.29, 0.717) is 23.0 Å². The van der Waals surface area contributed by atoms with Gasteiger partial charge in [-0.1, -0.05) is 22.0 Å². The Bertz CT molecular complexity index is 1180. The second kappa shape index (κ2) is 5.62. The maximum absolute atomic E-state index is 12.7. The van der Waals surface area contributed by atoms with Crippen molar-refractivity contribution in [2.24, 2.45) is 0 Å². The van der Waals surface area contributed by atoms with Crippen LogP contribution < -0.4 is 5.56 Å². The van der Waals surface area contributed by atoms with E-state index in [-0.39, 0.29) is 5.56 Å². The molecule has 0 bridgehead atoms. The summed E-state index contributed by atoms with van der Waals surface area (Å²) in [6.07, 6.45) is 5.30. The standard InChI is InChI=1S/C18H11BrN4O/c19-13-4-5-16-14(7-13)18(24)23(11-21-16)10-12-9-22-6-2-1-3-17(22)15(12)8-20/h1-7,9,11H,10H2. The van der Waals surface area contributed by atoms with Gasteiger partial charge in [-0.2, -0.15) is 5.26 Å². The van der Waals surface area contributed by atoms with Gasteiger partial charge >= 0.3 is 0 Å². The van der Waals surface area contributed by atoms with E-state index < -0.39 is 0 Å². The van der Waals surface area contributed by atoms with E-state index in [1.54, 1.807) is 12.1 Å². The molecule has 0 aliphatic rings. The normalized spacial score (nSPS) is 11.0. The summed E-state index contributed by atoms with van der Waals surface area (Å²) in [4.78, 5) is 17.1. The lowest BCUT2D eigenvalue weighted by molar-refractivity contribution is 0.747. The van der Waals surface area contributed by atoms with Crippen molar-refractivity contribution in [2.45, 2.75) is 6.54 Å². The van der Waals surface area contributed by atoms with Gasteiger partial charge in [0.05, 0.1) is 34.9 Å². The van der Waals surface area contributed by atoms with Gasteiger partial charge < -0.3 is 4.40 Å². The molecule has 0 aliphatic heterocycles. The molecule has 0 aliphatic carbocycles. The van der Waals surface area contributed by atoms with E-state index in [9.17, 15) is 10.1 Å².